The van der Waals surface area contributed by atoms with E-state index in [4.69, 9.17) is 9.47 Å². The highest BCUT2D eigenvalue weighted by Gasteiger charge is 2.59. The number of hydrogen-bond donors (Lipinski definition) is 0. The molecule has 2 aliphatic rings. The van der Waals surface area contributed by atoms with Crippen LogP contribution < -0.4 is 14.4 Å². The third kappa shape index (κ3) is 2.10. The fourth-order valence-electron chi connectivity index (χ4n) is 4.54. The smallest absolute Gasteiger partial charge is 0.216 e. The summed E-state index contributed by atoms with van der Waals surface area (Å²) < 4.78 is 12.5. The van der Waals surface area contributed by atoms with Crippen molar-refractivity contribution in [1.82, 2.24) is 0 Å². The van der Waals surface area contributed by atoms with Gasteiger partial charge < -0.3 is 9.47 Å². The first-order valence-electron chi connectivity index (χ1n) is 9.58. The third-order valence-corrected chi connectivity index (χ3v) is 6.04. The molecule has 0 N–H and O–H groups in total. The maximum absolute atomic E-state index is 6.88. The van der Waals surface area contributed by atoms with Gasteiger partial charge in [-0.3, -0.25) is 4.90 Å². The van der Waals surface area contributed by atoms with Gasteiger partial charge in [0.05, 0.1) is 12.5 Å². The summed E-state index contributed by atoms with van der Waals surface area (Å²) in [6.45, 7) is 4.50. The van der Waals surface area contributed by atoms with Crippen molar-refractivity contribution >= 4 is 17.5 Å². The van der Waals surface area contributed by atoms with Crippen molar-refractivity contribution in [3.63, 3.8) is 0 Å². The Hall–Kier alpha value is -3.20. The van der Waals surface area contributed by atoms with Crippen LogP contribution in [0, 0.1) is 0 Å². The van der Waals surface area contributed by atoms with E-state index in [0.717, 1.165) is 22.7 Å². The molecule has 140 valence electrons. The Morgan fingerprint density at radius 3 is 2.39 bits per heavy atom. The molecule has 2 heterocycles. The lowest BCUT2D eigenvalue weighted by Crippen LogP contribution is -2.57. The largest absolute Gasteiger partial charge is 0.493 e. The highest BCUT2D eigenvalue weighted by Crippen LogP contribution is 2.58. The minimum Gasteiger partial charge on any atom is -0.493 e. The van der Waals surface area contributed by atoms with Gasteiger partial charge in [0, 0.05) is 16.9 Å². The molecule has 2 aliphatic heterocycles. The predicted molar refractivity (Wildman–Crippen MR) is 113 cm³/mol. The second-order valence-corrected chi connectivity index (χ2v) is 7.82. The van der Waals surface area contributed by atoms with Gasteiger partial charge in [-0.1, -0.05) is 48.5 Å². The van der Waals surface area contributed by atoms with Gasteiger partial charge >= 0.3 is 0 Å². The van der Waals surface area contributed by atoms with E-state index in [0.29, 0.717) is 0 Å². The molecule has 3 aromatic carbocycles. The summed E-state index contributed by atoms with van der Waals surface area (Å²) in [6, 6.07) is 25.0. The zero-order valence-corrected chi connectivity index (χ0v) is 16.3. The average molecular weight is 369 g/mol. The maximum atomic E-state index is 6.88. The number of rotatable bonds is 2. The average Bonchev–Trinajstić information content (AvgIpc) is 2.92. The van der Waals surface area contributed by atoms with Gasteiger partial charge in [-0.2, -0.15) is 0 Å². The number of para-hydroxylation sites is 3. The molecular formula is C25H23NO2. The molecule has 28 heavy (non-hydrogen) atoms. The Kier molecular flexibility index (Phi) is 3.57. The molecule has 1 spiro atoms. The number of methoxy groups -OCH3 is 1. The summed E-state index contributed by atoms with van der Waals surface area (Å²) in [5.41, 5.74) is 3.59. The van der Waals surface area contributed by atoms with Gasteiger partial charge in [-0.25, -0.2) is 0 Å². The Labute approximate surface area is 165 Å². The van der Waals surface area contributed by atoms with Crippen LogP contribution in [0.4, 0.5) is 11.4 Å². The van der Waals surface area contributed by atoms with Crippen LogP contribution in [0.2, 0.25) is 0 Å². The predicted octanol–water partition coefficient (Wildman–Crippen LogP) is 5.93. The molecule has 0 fully saturated rings. The first kappa shape index (κ1) is 16.9. The fraction of sp³-hybridized carbons (Fsp3) is 0.200. The molecule has 0 aromatic heterocycles. The van der Waals surface area contributed by atoms with Crippen LogP contribution in [-0.4, -0.2) is 12.8 Å². The molecule has 3 aromatic rings. The van der Waals surface area contributed by atoms with Gasteiger partial charge in [0.15, 0.2) is 11.5 Å². The van der Waals surface area contributed by atoms with Gasteiger partial charge in [-0.05, 0) is 55.8 Å². The normalized spacial score (nSPS) is 21.2. The molecule has 0 saturated heterocycles. The third-order valence-electron chi connectivity index (χ3n) is 6.04. The standard InChI is InChI=1S/C25H23NO2/c1-24(2)20-13-7-8-14-21(20)26(19-11-5-4-6-12-19)25(24)17-16-18-10-9-15-22(27-3)23(18)28-25/h4-17H,1-3H3. The fourth-order valence-corrected chi connectivity index (χ4v) is 4.54. The van der Waals surface area contributed by atoms with Gasteiger partial charge in [0.25, 0.3) is 0 Å². The lowest BCUT2D eigenvalue weighted by Gasteiger charge is -2.47. The van der Waals surface area contributed by atoms with Crippen LogP contribution in [0.5, 0.6) is 11.5 Å². The van der Waals surface area contributed by atoms with Gasteiger partial charge in [0.2, 0.25) is 5.72 Å². The molecule has 0 amide bonds. The molecular weight excluding hydrogens is 346 g/mol. The summed E-state index contributed by atoms with van der Waals surface area (Å²) in [5, 5.41) is 0. The zero-order valence-electron chi connectivity index (χ0n) is 16.3. The lowest BCUT2D eigenvalue weighted by atomic mass is 9.76. The van der Waals surface area contributed by atoms with Crippen molar-refractivity contribution in [2.75, 3.05) is 12.0 Å². The second-order valence-electron chi connectivity index (χ2n) is 7.82. The van der Waals surface area contributed by atoms with Crippen LogP contribution in [0.25, 0.3) is 6.08 Å². The van der Waals surface area contributed by atoms with E-state index in [2.05, 4.69) is 85.5 Å². The molecule has 1 atom stereocenters. The highest BCUT2D eigenvalue weighted by molar-refractivity contribution is 5.80. The first-order valence-corrected chi connectivity index (χ1v) is 9.58. The van der Waals surface area contributed by atoms with E-state index in [1.165, 1.54) is 11.3 Å². The summed E-state index contributed by atoms with van der Waals surface area (Å²) in [5.74, 6) is 1.54. The number of hydrogen-bond acceptors (Lipinski definition) is 3. The molecule has 0 radical (unpaired) electrons. The van der Waals surface area contributed by atoms with Crippen molar-refractivity contribution in [3.05, 3.63) is 90.0 Å². The Morgan fingerprint density at radius 2 is 1.61 bits per heavy atom. The molecule has 0 saturated carbocycles. The maximum Gasteiger partial charge on any atom is 0.216 e. The van der Waals surface area contributed by atoms with Crippen molar-refractivity contribution in [2.24, 2.45) is 0 Å². The Balaban J connectivity index is 1.78. The van der Waals surface area contributed by atoms with E-state index < -0.39 is 5.72 Å². The van der Waals surface area contributed by atoms with Crippen molar-refractivity contribution in [2.45, 2.75) is 25.0 Å². The van der Waals surface area contributed by atoms with Crippen molar-refractivity contribution < 1.29 is 9.47 Å². The first-order chi connectivity index (χ1) is 13.6. The number of fused-ring (bicyclic) bond motifs is 2. The van der Waals surface area contributed by atoms with Crippen LogP contribution >= 0.6 is 0 Å². The molecule has 3 heteroatoms. The summed E-state index contributed by atoms with van der Waals surface area (Å²) in [7, 11) is 1.69. The summed E-state index contributed by atoms with van der Waals surface area (Å²) in [4.78, 5) is 2.31. The van der Waals surface area contributed by atoms with Crippen LogP contribution in [0.1, 0.15) is 25.0 Å². The highest BCUT2D eigenvalue weighted by atomic mass is 16.5. The Bertz CT molecular complexity index is 1070. The summed E-state index contributed by atoms with van der Waals surface area (Å²) in [6.07, 6.45) is 4.35. The van der Waals surface area contributed by atoms with Crippen LogP contribution in [0.15, 0.2) is 78.9 Å². The van der Waals surface area contributed by atoms with E-state index in [1.54, 1.807) is 7.11 Å². The van der Waals surface area contributed by atoms with Crippen molar-refractivity contribution in [3.8, 4) is 11.5 Å². The number of ether oxygens (including phenoxy) is 2. The van der Waals surface area contributed by atoms with Crippen molar-refractivity contribution in [1.29, 1.82) is 0 Å². The molecule has 1 unspecified atom stereocenters. The minimum absolute atomic E-state index is 0.283. The van der Waals surface area contributed by atoms with E-state index in [9.17, 15) is 0 Å². The second kappa shape index (κ2) is 5.90. The Morgan fingerprint density at radius 1 is 0.857 bits per heavy atom. The number of nitrogens with zero attached hydrogens (tertiary/aromatic N) is 1. The zero-order chi connectivity index (χ0) is 19.4. The number of anilines is 2. The SMILES string of the molecule is COc1cccc2c1OC1(C=C2)N(c2ccccc2)c2ccccc2C1(C)C. The van der Waals surface area contributed by atoms with Crippen LogP contribution in [0.3, 0.4) is 0 Å². The van der Waals surface area contributed by atoms with Gasteiger partial charge in [-0.15, -0.1) is 0 Å². The quantitative estimate of drug-likeness (QED) is 0.559. The minimum atomic E-state index is -0.695. The summed E-state index contributed by atoms with van der Waals surface area (Å²) >= 11 is 0. The molecule has 0 bridgehead atoms. The van der Waals surface area contributed by atoms with Crippen LogP contribution in [-0.2, 0) is 5.41 Å². The topological polar surface area (TPSA) is 21.7 Å². The van der Waals surface area contributed by atoms with E-state index in [-0.39, 0.29) is 5.41 Å². The molecule has 5 rings (SSSR count). The molecule has 3 nitrogen and oxygen atoms in total. The molecule has 0 aliphatic carbocycles. The van der Waals surface area contributed by atoms with Gasteiger partial charge in [0.1, 0.15) is 0 Å². The lowest BCUT2D eigenvalue weighted by molar-refractivity contribution is 0.0599. The van der Waals surface area contributed by atoms with E-state index in [1.807, 2.05) is 18.2 Å². The monoisotopic (exact) mass is 369 g/mol. The number of benzene rings is 3. The van der Waals surface area contributed by atoms with E-state index >= 15 is 0 Å².